The van der Waals surface area contributed by atoms with Crippen molar-refractivity contribution in [2.75, 3.05) is 19.8 Å². The van der Waals surface area contributed by atoms with Crippen molar-refractivity contribution in [3.63, 3.8) is 0 Å². The largest absolute Gasteiger partial charge is 0.500 e. The van der Waals surface area contributed by atoms with E-state index in [0.29, 0.717) is 19.8 Å². The fraction of sp³-hybridized carbons (Fsp3) is 1.00. The fourth-order valence-electron chi connectivity index (χ4n) is 2.12. The Morgan fingerprint density at radius 2 is 1.04 bits per heavy atom. The lowest BCUT2D eigenvalue weighted by atomic mass is 10.1. The van der Waals surface area contributed by atoms with Crippen molar-refractivity contribution in [1.29, 1.82) is 0 Å². The van der Waals surface area contributed by atoms with Crippen molar-refractivity contribution in [1.82, 2.24) is 0 Å². The lowest BCUT2D eigenvalue weighted by Gasteiger charge is -2.28. The molecule has 3 nitrogen and oxygen atoms in total. The SMILES string of the molecule is CCC(F)(F)F.CCCCCCCC[Si](OCC)(OCC)OCC.[SiH4]. The van der Waals surface area contributed by atoms with Crippen LogP contribution in [-0.2, 0) is 13.3 Å². The van der Waals surface area contributed by atoms with Gasteiger partial charge in [-0.2, -0.15) is 13.2 Å². The topological polar surface area (TPSA) is 27.7 Å². The standard InChI is InChI=1S/C14H32O3Si.C3H5F3.H4Si/c1-5-9-10-11-12-13-14-18(15-6-2,16-7-3)17-8-4;1-2-3(4,5)6;/h5-14H2,1-4H3;2H2,1H3;1H4. The number of unbranched alkanes of at least 4 members (excludes halogenated alkanes) is 5. The van der Waals surface area contributed by atoms with Gasteiger partial charge in [-0.15, -0.1) is 0 Å². The molecule has 0 unspecified atom stereocenters. The molecule has 0 spiro atoms. The smallest absolute Gasteiger partial charge is 0.374 e. The molecule has 0 saturated carbocycles. The molecule has 25 heavy (non-hydrogen) atoms. The summed E-state index contributed by atoms with van der Waals surface area (Å²) in [4.78, 5) is 0. The Labute approximate surface area is 158 Å². The maximum atomic E-state index is 10.8. The maximum Gasteiger partial charge on any atom is 0.500 e. The molecule has 0 fully saturated rings. The van der Waals surface area contributed by atoms with E-state index in [2.05, 4.69) is 6.92 Å². The van der Waals surface area contributed by atoms with Crippen LogP contribution in [0.1, 0.15) is 79.6 Å². The van der Waals surface area contributed by atoms with Crippen molar-refractivity contribution >= 4 is 19.8 Å². The van der Waals surface area contributed by atoms with Crippen molar-refractivity contribution in [3.8, 4) is 0 Å². The molecule has 0 aliphatic heterocycles. The summed E-state index contributed by atoms with van der Waals surface area (Å²) in [5.41, 5.74) is 0. The molecule has 0 aliphatic carbocycles. The van der Waals surface area contributed by atoms with E-state index < -0.39 is 21.4 Å². The molecule has 0 saturated heterocycles. The molecule has 0 aromatic heterocycles. The van der Waals surface area contributed by atoms with Crippen LogP contribution in [0.25, 0.3) is 0 Å². The van der Waals surface area contributed by atoms with Gasteiger partial charge in [0.05, 0.1) is 0 Å². The molecule has 0 heterocycles. The highest BCUT2D eigenvalue weighted by Gasteiger charge is 2.39. The Morgan fingerprint density at radius 3 is 1.36 bits per heavy atom. The Kier molecular flexibility index (Phi) is 22.5. The predicted molar refractivity (Wildman–Crippen MR) is 106 cm³/mol. The number of hydrogen-bond donors (Lipinski definition) is 0. The van der Waals surface area contributed by atoms with Gasteiger partial charge in [0.25, 0.3) is 0 Å². The minimum Gasteiger partial charge on any atom is -0.374 e. The summed E-state index contributed by atoms with van der Waals surface area (Å²) in [6, 6.07) is 0.967. The van der Waals surface area contributed by atoms with Gasteiger partial charge < -0.3 is 13.3 Å². The first-order chi connectivity index (χ1) is 11.3. The van der Waals surface area contributed by atoms with Crippen LogP contribution in [0, 0.1) is 0 Å². The highest BCUT2D eigenvalue weighted by Crippen LogP contribution is 2.20. The van der Waals surface area contributed by atoms with Gasteiger partial charge in [0, 0.05) is 32.3 Å². The van der Waals surface area contributed by atoms with Crippen molar-refractivity contribution in [2.45, 2.75) is 91.8 Å². The highest BCUT2D eigenvalue weighted by atomic mass is 28.4. The normalized spacial score (nSPS) is 11.5. The minimum atomic E-state index is -3.96. The van der Waals surface area contributed by atoms with Crippen LogP contribution in [0.15, 0.2) is 0 Å². The summed E-state index contributed by atoms with van der Waals surface area (Å²) in [6.07, 6.45) is 3.07. The summed E-state index contributed by atoms with van der Waals surface area (Å²) in [5.74, 6) is 0. The summed E-state index contributed by atoms with van der Waals surface area (Å²) < 4.78 is 49.9. The van der Waals surface area contributed by atoms with E-state index in [0.717, 1.165) is 19.4 Å². The van der Waals surface area contributed by atoms with E-state index in [1.54, 1.807) is 0 Å². The molecule has 0 aromatic rings. The number of hydrogen-bond acceptors (Lipinski definition) is 3. The number of halogens is 3. The predicted octanol–water partition coefficient (Wildman–Crippen LogP) is 4.90. The molecule has 0 aromatic carbocycles. The number of alkyl halides is 3. The molecular weight excluding hydrogens is 365 g/mol. The van der Waals surface area contributed by atoms with Gasteiger partial charge in [0.2, 0.25) is 0 Å². The van der Waals surface area contributed by atoms with E-state index in [9.17, 15) is 13.2 Å². The summed E-state index contributed by atoms with van der Waals surface area (Å²) in [7, 11) is -2.36. The number of rotatable bonds is 13. The van der Waals surface area contributed by atoms with Crippen LogP contribution in [0.2, 0.25) is 6.04 Å². The van der Waals surface area contributed by atoms with Gasteiger partial charge in [-0.05, 0) is 38.2 Å². The zero-order chi connectivity index (χ0) is 18.9. The molecule has 0 bridgehead atoms. The van der Waals surface area contributed by atoms with Crippen LogP contribution in [-0.4, -0.2) is 45.8 Å². The third-order valence-corrected chi connectivity index (χ3v) is 6.48. The van der Waals surface area contributed by atoms with Crippen LogP contribution in [0.3, 0.4) is 0 Å². The Balaban J connectivity index is -0.000000592. The lowest BCUT2D eigenvalue weighted by molar-refractivity contribution is -0.130. The minimum absolute atomic E-state index is 0. The second-order valence-corrected chi connectivity index (χ2v) is 8.20. The first-order valence-corrected chi connectivity index (χ1v) is 11.2. The third-order valence-electron chi connectivity index (χ3n) is 3.33. The summed E-state index contributed by atoms with van der Waals surface area (Å²) in [6.45, 7) is 11.4. The van der Waals surface area contributed by atoms with Crippen LogP contribution < -0.4 is 0 Å². The zero-order valence-electron chi connectivity index (χ0n) is 16.1. The first-order valence-electron chi connectivity index (χ1n) is 9.29. The van der Waals surface area contributed by atoms with Crippen molar-refractivity contribution in [3.05, 3.63) is 0 Å². The van der Waals surface area contributed by atoms with Gasteiger partial charge >= 0.3 is 15.0 Å². The second kappa shape index (κ2) is 18.9. The van der Waals surface area contributed by atoms with Gasteiger partial charge in [0.1, 0.15) is 0 Å². The quantitative estimate of drug-likeness (QED) is 0.321. The molecule has 0 amide bonds. The first kappa shape index (κ1) is 29.9. The average Bonchev–Trinajstić information content (AvgIpc) is 2.51. The average molecular weight is 407 g/mol. The van der Waals surface area contributed by atoms with Gasteiger partial charge in [-0.25, -0.2) is 0 Å². The summed E-state index contributed by atoms with van der Waals surface area (Å²) in [5, 5.41) is 0. The van der Waals surface area contributed by atoms with Gasteiger partial charge in [0.15, 0.2) is 0 Å². The Hall–Kier alpha value is 0.104. The molecule has 0 N–H and O–H groups in total. The Morgan fingerprint density at radius 1 is 0.680 bits per heavy atom. The molecule has 156 valence electrons. The van der Waals surface area contributed by atoms with Crippen molar-refractivity contribution in [2.24, 2.45) is 0 Å². The van der Waals surface area contributed by atoms with E-state index >= 15 is 0 Å². The zero-order valence-corrected chi connectivity index (χ0v) is 17.1. The molecule has 0 atom stereocenters. The second-order valence-electron chi connectivity index (χ2n) is 5.47. The van der Waals surface area contributed by atoms with E-state index in [1.165, 1.54) is 32.1 Å². The maximum absolute atomic E-state index is 10.8. The van der Waals surface area contributed by atoms with Crippen LogP contribution in [0.5, 0.6) is 0 Å². The van der Waals surface area contributed by atoms with Gasteiger partial charge in [-0.3, -0.25) is 0 Å². The van der Waals surface area contributed by atoms with E-state index in [4.69, 9.17) is 13.3 Å². The van der Waals surface area contributed by atoms with Gasteiger partial charge in [-0.1, -0.05) is 46.0 Å². The molecule has 0 radical (unpaired) electrons. The molecular formula is C17H41F3O3Si2. The van der Waals surface area contributed by atoms with Crippen LogP contribution >= 0.6 is 0 Å². The molecule has 8 heteroatoms. The van der Waals surface area contributed by atoms with E-state index in [-0.39, 0.29) is 11.0 Å². The highest BCUT2D eigenvalue weighted by molar-refractivity contribution is 6.60. The fourth-order valence-corrected chi connectivity index (χ4v) is 4.81. The van der Waals surface area contributed by atoms with E-state index in [1.807, 2.05) is 20.8 Å². The lowest BCUT2D eigenvalue weighted by Crippen LogP contribution is -2.45. The Bertz CT molecular complexity index is 251. The monoisotopic (exact) mass is 406 g/mol. The van der Waals surface area contributed by atoms with Crippen molar-refractivity contribution < 1.29 is 26.4 Å². The van der Waals surface area contributed by atoms with Crippen LogP contribution in [0.4, 0.5) is 13.2 Å². The molecule has 0 rings (SSSR count). The summed E-state index contributed by atoms with van der Waals surface area (Å²) >= 11 is 0. The molecule has 0 aliphatic rings. The third kappa shape index (κ3) is 20.3.